The monoisotopic (exact) mass is 466 g/mol. The summed E-state index contributed by atoms with van der Waals surface area (Å²) < 4.78 is 13.9. The highest BCUT2D eigenvalue weighted by Gasteiger charge is 2.18. The standard InChI is InChI=1S/C27H22N4O4/c32-25(28-13-19-10-11-23-24(12-19)35-17-34-23)16-31-27(33)26-21(14-29-31)20-8-4-5-9-22(20)30(26)15-18-6-2-1-3-7-18/h1-12,14H,13,15-17H2,(H,28,32). The molecule has 8 heteroatoms. The first-order valence-electron chi connectivity index (χ1n) is 11.3. The van der Waals surface area contributed by atoms with Gasteiger partial charge in [0.25, 0.3) is 5.56 Å². The Balaban J connectivity index is 1.29. The van der Waals surface area contributed by atoms with E-state index >= 15 is 0 Å². The minimum absolute atomic E-state index is 0.174. The summed E-state index contributed by atoms with van der Waals surface area (Å²) in [7, 11) is 0. The normalized spacial score (nSPS) is 12.3. The van der Waals surface area contributed by atoms with Crippen molar-refractivity contribution in [2.24, 2.45) is 0 Å². The van der Waals surface area contributed by atoms with E-state index in [1.165, 1.54) is 4.68 Å². The second-order valence-electron chi connectivity index (χ2n) is 8.42. The molecule has 1 aliphatic heterocycles. The smallest absolute Gasteiger partial charge is 0.291 e. The van der Waals surface area contributed by atoms with E-state index in [4.69, 9.17) is 9.47 Å². The van der Waals surface area contributed by atoms with Crippen LogP contribution in [0.3, 0.4) is 0 Å². The van der Waals surface area contributed by atoms with Gasteiger partial charge in [-0.25, -0.2) is 4.68 Å². The highest BCUT2D eigenvalue weighted by atomic mass is 16.7. The number of aromatic nitrogens is 3. The first-order valence-corrected chi connectivity index (χ1v) is 11.3. The third-order valence-electron chi connectivity index (χ3n) is 6.18. The molecule has 0 bridgehead atoms. The summed E-state index contributed by atoms with van der Waals surface area (Å²) in [6.07, 6.45) is 1.67. The van der Waals surface area contributed by atoms with Crippen molar-refractivity contribution < 1.29 is 14.3 Å². The van der Waals surface area contributed by atoms with Crippen LogP contribution in [0, 0.1) is 0 Å². The number of benzene rings is 3. The summed E-state index contributed by atoms with van der Waals surface area (Å²) in [4.78, 5) is 26.2. The predicted octanol–water partition coefficient (Wildman–Crippen LogP) is 3.44. The van der Waals surface area contributed by atoms with Gasteiger partial charge < -0.3 is 19.4 Å². The molecule has 0 unspecified atom stereocenters. The number of fused-ring (bicyclic) bond motifs is 4. The Morgan fingerprint density at radius 2 is 1.71 bits per heavy atom. The maximum Gasteiger partial charge on any atom is 0.291 e. The van der Waals surface area contributed by atoms with Crippen molar-refractivity contribution in [2.75, 3.05) is 6.79 Å². The fourth-order valence-electron chi connectivity index (χ4n) is 4.48. The molecule has 0 fully saturated rings. The summed E-state index contributed by atoms with van der Waals surface area (Å²) in [6, 6.07) is 23.4. The molecule has 174 valence electrons. The number of carbonyl (C=O) groups is 1. The lowest BCUT2D eigenvalue weighted by Crippen LogP contribution is -2.33. The van der Waals surface area contributed by atoms with Gasteiger partial charge in [0.2, 0.25) is 12.7 Å². The molecular formula is C27H22N4O4. The van der Waals surface area contributed by atoms with Crippen molar-refractivity contribution in [2.45, 2.75) is 19.6 Å². The molecule has 0 aliphatic carbocycles. The number of para-hydroxylation sites is 1. The number of hydrogen-bond acceptors (Lipinski definition) is 5. The van der Waals surface area contributed by atoms with Crippen LogP contribution in [0.25, 0.3) is 21.8 Å². The van der Waals surface area contributed by atoms with Crippen LogP contribution in [0.15, 0.2) is 83.8 Å². The molecule has 2 aromatic heterocycles. The van der Waals surface area contributed by atoms with Crippen molar-refractivity contribution in [3.05, 3.63) is 100 Å². The van der Waals surface area contributed by atoms with Gasteiger partial charge in [-0.05, 0) is 29.3 Å². The molecule has 8 nitrogen and oxygen atoms in total. The van der Waals surface area contributed by atoms with Crippen molar-refractivity contribution in [1.29, 1.82) is 0 Å². The van der Waals surface area contributed by atoms with Gasteiger partial charge in [0.15, 0.2) is 11.5 Å². The fourth-order valence-corrected chi connectivity index (χ4v) is 4.48. The lowest BCUT2D eigenvalue weighted by atomic mass is 10.2. The molecule has 0 saturated carbocycles. The third-order valence-corrected chi connectivity index (χ3v) is 6.18. The Labute approximate surface area is 200 Å². The highest BCUT2D eigenvalue weighted by Crippen LogP contribution is 2.32. The third kappa shape index (κ3) is 3.89. The van der Waals surface area contributed by atoms with Gasteiger partial charge in [-0.2, -0.15) is 5.10 Å². The van der Waals surface area contributed by atoms with E-state index in [2.05, 4.69) is 10.4 Å². The average molecular weight is 466 g/mol. The Bertz CT molecular complexity index is 1620. The zero-order chi connectivity index (χ0) is 23.8. The van der Waals surface area contributed by atoms with Gasteiger partial charge in [-0.3, -0.25) is 9.59 Å². The highest BCUT2D eigenvalue weighted by molar-refractivity contribution is 6.07. The number of nitrogens with zero attached hydrogens (tertiary/aromatic N) is 3. The van der Waals surface area contributed by atoms with Crippen molar-refractivity contribution in [1.82, 2.24) is 19.7 Å². The average Bonchev–Trinajstić information content (AvgIpc) is 3.48. The van der Waals surface area contributed by atoms with Gasteiger partial charge >= 0.3 is 0 Å². The topological polar surface area (TPSA) is 87.4 Å². The van der Waals surface area contributed by atoms with E-state index in [-0.39, 0.29) is 24.8 Å². The number of ether oxygens (including phenoxy) is 2. The first-order chi connectivity index (χ1) is 17.2. The van der Waals surface area contributed by atoms with Gasteiger partial charge in [-0.1, -0.05) is 54.6 Å². The molecule has 1 aliphatic rings. The lowest BCUT2D eigenvalue weighted by Gasteiger charge is -2.10. The number of nitrogens with one attached hydrogen (secondary N) is 1. The number of rotatable bonds is 6. The molecular weight excluding hydrogens is 444 g/mol. The predicted molar refractivity (Wildman–Crippen MR) is 131 cm³/mol. The molecule has 3 aromatic carbocycles. The van der Waals surface area contributed by atoms with E-state index in [0.717, 1.165) is 27.4 Å². The molecule has 1 amide bonds. The van der Waals surface area contributed by atoms with Crippen LogP contribution in [0.4, 0.5) is 0 Å². The molecule has 6 rings (SSSR count). The van der Waals surface area contributed by atoms with E-state index in [1.54, 1.807) is 6.20 Å². The lowest BCUT2D eigenvalue weighted by molar-refractivity contribution is -0.122. The number of hydrogen-bond donors (Lipinski definition) is 1. The minimum atomic E-state index is -0.303. The fraction of sp³-hybridized carbons (Fsp3) is 0.148. The van der Waals surface area contributed by atoms with Crippen molar-refractivity contribution in [3.63, 3.8) is 0 Å². The Kier molecular flexibility index (Phi) is 5.18. The van der Waals surface area contributed by atoms with Crippen LogP contribution in [-0.4, -0.2) is 27.0 Å². The maximum atomic E-state index is 13.5. The molecule has 35 heavy (non-hydrogen) atoms. The van der Waals surface area contributed by atoms with Crippen LogP contribution < -0.4 is 20.3 Å². The zero-order valence-electron chi connectivity index (χ0n) is 18.8. The van der Waals surface area contributed by atoms with E-state index in [1.807, 2.05) is 77.4 Å². The molecule has 0 radical (unpaired) electrons. The number of carbonyl (C=O) groups excluding carboxylic acids is 1. The van der Waals surface area contributed by atoms with Crippen LogP contribution in [0.1, 0.15) is 11.1 Å². The van der Waals surface area contributed by atoms with Crippen LogP contribution in [0.2, 0.25) is 0 Å². The maximum absolute atomic E-state index is 13.5. The summed E-state index contributed by atoms with van der Waals surface area (Å²) in [5, 5.41) is 8.90. The van der Waals surface area contributed by atoms with Crippen LogP contribution in [-0.2, 0) is 24.4 Å². The van der Waals surface area contributed by atoms with Crippen LogP contribution >= 0.6 is 0 Å². The minimum Gasteiger partial charge on any atom is -0.454 e. The van der Waals surface area contributed by atoms with Crippen molar-refractivity contribution in [3.8, 4) is 11.5 Å². The quantitative estimate of drug-likeness (QED) is 0.414. The zero-order valence-corrected chi connectivity index (χ0v) is 18.8. The Hall–Kier alpha value is -4.59. The largest absolute Gasteiger partial charge is 0.454 e. The van der Waals surface area contributed by atoms with Gasteiger partial charge in [0.1, 0.15) is 12.1 Å². The summed E-state index contributed by atoms with van der Waals surface area (Å²) in [6.45, 7) is 0.872. The molecule has 0 saturated heterocycles. The van der Waals surface area contributed by atoms with E-state index in [9.17, 15) is 9.59 Å². The number of amides is 1. The van der Waals surface area contributed by atoms with E-state index < -0.39 is 0 Å². The molecule has 3 heterocycles. The molecule has 5 aromatic rings. The second-order valence-corrected chi connectivity index (χ2v) is 8.42. The van der Waals surface area contributed by atoms with Gasteiger partial charge in [0, 0.05) is 29.4 Å². The SMILES string of the molecule is O=C(Cn1ncc2c3ccccc3n(Cc3ccccc3)c2c1=O)NCc1ccc2c(c1)OCO2. The van der Waals surface area contributed by atoms with E-state index in [0.29, 0.717) is 30.1 Å². The van der Waals surface area contributed by atoms with Gasteiger partial charge in [0.05, 0.1) is 6.20 Å². The van der Waals surface area contributed by atoms with Crippen LogP contribution in [0.5, 0.6) is 11.5 Å². The Morgan fingerprint density at radius 1 is 0.914 bits per heavy atom. The summed E-state index contributed by atoms with van der Waals surface area (Å²) >= 11 is 0. The van der Waals surface area contributed by atoms with Gasteiger partial charge in [-0.15, -0.1) is 0 Å². The molecule has 0 spiro atoms. The molecule has 1 N–H and O–H groups in total. The summed E-state index contributed by atoms with van der Waals surface area (Å²) in [5.41, 5.74) is 3.15. The Morgan fingerprint density at radius 3 is 2.60 bits per heavy atom. The van der Waals surface area contributed by atoms with Crippen molar-refractivity contribution >= 4 is 27.7 Å². The summed E-state index contributed by atoms with van der Waals surface area (Å²) in [5.74, 6) is 1.05. The first kappa shape index (κ1) is 21.0. The molecule has 0 atom stereocenters. The second kappa shape index (κ2) is 8.64.